The molecule has 2 rings (SSSR count). The molecule has 1 amide bonds. The summed E-state index contributed by atoms with van der Waals surface area (Å²) in [5.74, 6) is 0.363. The van der Waals surface area contributed by atoms with Crippen LogP contribution in [-0.2, 0) is 9.84 Å². The van der Waals surface area contributed by atoms with Crippen LogP contribution in [0.15, 0.2) is 30.3 Å². The lowest BCUT2D eigenvalue weighted by Crippen LogP contribution is -2.37. The number of nitrogens with one attached hydrogen (secondary N) is 2. The van der Waals surface area contributed by atoms with Crippen molar-refractivity contribution in [3.05, 3.63) is 35.9 Å². The van der Waals surface area contributed by atoms with E-state index in [4.69, 9.17) is 0 Å². The molecule has 0 spiro atoms. The number of carbonyl (C=O) groups excluding carboxylic acids is 1. The minimum Gasteiger partial charge on any atom is -0.351 e. The average molecular weight is 282 g/mol. The monoisotopic (exact) mass is 282 g/mol. The Balaban J connectivity index is 1.66. The first-order valence-electron chi connectivity index (χ1n) is 6.34. The molecule has 2 N–H and O–H groups in total. The van der Waals surface area contributed by atoms with Crippen molar-refractivity contribution in [1.29, 1.82) is 0 Å². The number of hydrogen-bond donors (Lipinski definition) is 2. The van der Waals surface area contributed by atoms with Crippen LogP contribution in [0.1, 0.15) is 16.8 Å². The molecule has 1 atom stereocenters. The molecule has 0 bridgehead atoms. The topological polar surface area (TPSA) is 75.3 Å². The van der Waals surface area contributed by atoms with Crippen LogP contribution in [0.2, 0.25) is 0 Å². The second-order valence-corrected chi connectivity index (χ2v) is 6.90. The number of sulfone groups is 1. The maximum Gasteiger partial charge on any atom is 0.251 e. The third-order valence-electron chi connectivity index (χ3n) is 3.11. The Labute approximate surface area is 113 Å². The molecule has 5 nitrogen and oxygen atoms in total. The van der Waals surface area contributed by atoms with Crippen LogP contribution in [0.5, 0.6) is 0 Å². The van der Waals surface area contributed by atoms with Crippen molar-refractivity contribution in [3.8, 4) is 0 Å². The third kappa shape index (κ3) is 4.33. The minimum absolute atomic E-state index is 0.0265. The molecule has 1 fully saturated rings. The summed E-state index contributed by atoms with van der Waals surface area (Å²) in [5, 5.41) is 5.94. The summed E-state index contributed by atoms with van der Waals surface area (Å²) < 4.78 is 22.5. The zero-order valence-corrected chi connectivity index (χ0v) is 11.4. The van der Waals surface area contributed by atoms with Crippen LogP contribution in [0.3, 0.4) is 0 Å². The Morgan fingerprint density at radius 3 is 2.58 bits per heavy atom. The van der Waals surface area contributed by atoms with Crippen LogP contribution in [0, 0.1) is 0 Å². The molecule has 1 aliphatic rings. The fourth-order valence-electron chi connectivity index (χ4n) is 2.10. The van der Waals surface area contributed by atoms with Crippen molar-refractivity contribution in [2.24, 2.45) is 0 Å². The van der Waals surface area contributed by atoms with E-state index in [0.29, 0.717) is 25.1 Å². The minimum atomic E-state index is -2.84. The Hall–Kier alpha value is -1.40. The number of hydrogen-bond acceptors (Lipinski definition) is 4. The van der Waals surface area contributed by atoms with Gasteiger partial charge in [0.05, 0.1) is 11.5 Å². The van der Waals surface area contributed by atoms with Gasteiger partial charge in [0.25, 0.3) is 5.91 Å². The zero-order chi connectivity index (χ0) is 13.7. The molecular formula is C13H18N2O3S. The van der Waals surface area contributed by atoms with E-state index in [1.54, 1.807) is 12.1 Å². The van der Waals surface area contributed by atoms with E-state index in [0.717, 1.165) is 0 Å². The van der Waals surface area contributed by atoms with Gasteiger partial charge in [0.15, 0.2) is 9.84 Å². The molecule has 19 heavy (non-hydrogen) atoms. The first-order valence-corrected chi connectivity index (χ1v) is 8.16. The van der Waals surface area contributed by atoms with Gasteiger partial charge >= 0.3 is 0 Å². The molecule has 1 aromatic carbocycles. The van der Waals surface area contributed by atoms with Crippen molar-refractivity contribution >= 4 is 15.7 Å². The fourth-order valence-corrected chi connectivity index (χ4v) is 3.81. The molecule has 0 aliphatic carbocycles. The highest BCUT2D eigenvalue weighted by atomic mass is 32.2. The Morgan fingerprint density at radius 2 is 1.95 bits per heavy atom. The summed E-state index contributed by atoms with van der Waals surface area (Å²) in [6, 6.07) is 9.03. The summed E-state index contributed by atoms with van der Waals surface area (Å²) in [6.45, 7) is 1.07. The fraction of sp³-hybridized carbons (Fsp3) is 0.462. The lowest BCUT2D eigenvalue weighted by molar-refractivity contribution is 0.0953. The summed E-state index contributed by atoms with van der Waals surface area (Å²) in [5.41, 5.74) is 0.631. The number of carbonyl (C=O) groups is 1. The summed E-state index contributed by atoms with van der Waals surface area (Å²) in [6.07, 6.45) is 0.662. The van der Waals surface area contributed by atoms with Gasteiger partial charge in [0.2, 0.25) is 0 Å². The predicted molar refractivity (Wildman–Crippen MR) is 73.8 cm³/mol. The lowest BCUT2D eigenvalue weighted by Gasteiger charge is -2.11. The van der Waals surface area contributed by atoms with Gasteiger partial charge in [-0.05, 0) is 18.6 Å². The number of rotatable bonds is 5. The van der Waals surface area contributed by atoms with Crippen molar-refractivity contribution in [2.75, 3.05) is 24.6 Å². The molecule has 1 aliphatic heterocycles. The van der Waals surface area contributed by atoms with Crippen LogP contribution >= 0.6 is 0 Å². The Bertz CT molecular complexity index is 528. The van der Waals surface area contributed by atoms with E-state index < -0.39 is 9.84 Å². The van der Waals surface area contributed by atoms with Crippen LogP contribution in [0.4, 0.5) is 0 Å². The molecule has 1 saturated heterocycles. The van der Waals surface area contributed by atoms with Crippen LogP contribution in [0.25, 0.3) is 0 Å². The molecule has 0 aromatic heterocycles. The third-order valence-corrected chi connectivity index (χ3v) is 4.88. The highest BCUT2D eigenvalue weighted by Crippen LogP contribution is 2.10. The molecular weight excluding hydrogens is 264 g/mol. The highest BCUT2D eigenvalue weighted by Gasteiger charge is 2.26. The summed E-state index contributed by atoms with van der Waals surface area (Å²) in [4.78, 5) is 11.7. The van der Waals surface area contributed by atoms with E-state index in [-0.39, 0.29) is 23.5 Å². The van der Waals surface area contributed by atoms with Gasteiger partial charge in [0, 0.05) is 24.7 Å². The lowest BCUT2D eigenvalue weighted by atomic mass is 10.2. The highest BCUT2D eigenvalue weighted by molar-refractivity contribution is 7.91. The van der Waals surface area contributed by atoms with E-state index in [2.05, 4.69) is 10.6 Å². The first kappa shape index (κ1) is 14.0. The van der Waals surface area contributed by atoms with Crippen LogP contribution in [-0.4, -0.2) is 45.0 Å². The SMILES string of the molecule is O=C(NCCNC1CCS(=O)(=O)C1)c1ccccc1. The Kier molecular flexibility index (Phi) is 4.55. The smallest absolute Gasteiger partial charge is 0.251 e. The van der Waals surface area contributed by atoms with E-state index in [1.807, 2.05) is 18.2 Å². The van der Waals surface area contributed by atoms with Gasteiger partial charge in [0.1, 0.15) is 0 Å². The second kappa shape index (κ2) is 6.16. The van der Waals surface area contributed by atoms with Crippen molar-refractivity contribution in [1.82, 2.24) is 10.6 Å². The average Bonchev–Trinajstić information content (AvgIpc) is 2.75. The van der Waals surface area contributed by atoms with Gasteiger partial charge < -0.3 is 10.6 Å². The molecule has 1 aromatic rings. The van der Waals surface area contributed by atoms with Crippen molar-refractivity contribution in [3.63, 3.8) is 0 Å². The van der Waals surface area contributed by atoms with E-state index >= 15 is 0 Å². The summed E-state index contributed by atoms with van der Waals surface area (Å²) >= 11 is 0. The van der Waals surface area contributed by atoms with Gasteiger partial charge in [-0.2, -0.15) is 0 Å². The molecule has 0 saturated carbocycles. The van der Waals surface area contributed by atoms with E-state index in [9.17, 15) is 13.2 Å². The van der Waals surface area contributed by atoms with Crippen molar-refractivity contribution in [2.45, 2.75) is 12.5 Å². The predicted octanol–water partition coefficient (Wildman–Crippen LogP) is 0.193. The van der Waals surface area contributed by atoms with Gasteiger partial charge in [-0.25, -0.2) is 8.42 Å². The largest absolute Gasteiger partial charge is 0.351 e. The maximum atomic E-state index is 11.7. The Morgan fingerprint density at radius 1 is 1.21 bits per heavy atom. The first-order chi connectivity index (χ1) is 9.07. The van der Waals surface area contributed by atoms with Crippen LogP contribution < -0.4 is 10.6 Å². The zero-order valence-electron chi connectivity index (χ0n) is 10.6. The maximum absolute atomic E-state index is 11.7. The van der Waals surface area contributed by atoms with Gasteiger partial charge in [-0.1, -0.05) is 18.2 Å². The molecule has 1 unspecified atom stereocenters. The van der Waals surface area contributed by atoms with Gasteiger partial charge in [-0.15, -0.1) is 0 Å². The summed E-state index contributed by atoms with van der Waals surface area (Å²) in [7, 11) is -2.84. The second-order valence-electron chi connectivity index (χ2n) is 4.68. The number of amides is 1. The van der Waals surface area contributed by atoms with E-state index in [1.165, 1.54) is 0 Å². The molecule has 104 valence electrons. The molecule has 0 radical (unpaired) electrons. The van der Waals surface area contributed by atoms with Crippen molar-refractivity contribution < 1.29 is 13.2 Å². The van der Waals surface area contributed by atoms with Gasteiger partial charge in [-0.3, -0.25) is 4.79 Å². The quantitative estimate of drug-likeness (QED) is 0.756. The molecule has 1 heterocycles. The number of benzene rings is 1. The molecule has 6 heteroatoms. The normalized spacial score (nSPS) is 21.2. The standard InChI is InChI=1S/C13H18N2O3S/c16-13(11-4-2-1-3-5-11)15-8-7-14-12-6-9-19(17,18)10-12/h1-5,12,14H,6-10H2,(H,15,16).